The van der Waals surface area contributed by atoms with Gasteiger partial charge in [0.1, 0.15) is 6.33 Å². The Balaban J connectivity index is 2.86. The van der Waals surface area contributed by atoms with Crippen molar-refractivity contribution in [2.24, 2.45) is 0 Å². The molecule has 74 valence electrons. The lowest BCUT2D eigenvalue weighted by Gasteiger charge is -2.15. The summed E-state index contributed by atoms with van der Waals surface area (Å²) in [6.07, 6.45) is 1.43. The molecule has 0 aromatic carbocycles. The highest BCUT2D eigenvalue weighted by molar-refractivity contribution is 5.55. The molecule has 0 saturated heterocycles. The van der Waals surface area contributed by atoms with Crippen LogP contribution in [0, 0.1) is 12.7 Å². The monoisotopic (exact) mass is 194 g/mol. The van der Waals surface area contributed by atoms with Crippen LogP contribution in [0.4, 0.5) is 10.2 Å². The van der Waals surface area contributed by atoms with Crippen LogP contribution in [0.15, 0.2) is 12.4 Å². The van der Waals surface area contributed by atoms with E-state index < -0.39 is 0 Å². The number of hydrogen-bond acceptors (Lipinski definition) is 3. The Hall–Kier alpha value is -1.65. The van der Waals surface area contributed by atoms with E-state index in [-0.39, 0.29) is 5.82 Å². The second-order valence-corrected chi connectivity index (χ2v) is 3.39. The minimum atomic E-state index is -0.287. The smallest absolute Gasteiger partial charge is 0.168 e. The number of fused-ring (bicyclic) bond motifs is 1. The van der Waals surface area contributed by atoms with Gasteiger partial charge in [-0.2, -0.15) is 9.61 Å². The molecule has 2 aromatic rings. The molecule has 0 N–H and O–H groups in total. The fraction of sp³-hybridized carbons (Fsp3) is 0.333. The second kappa shape index (κ2) is 2.94. The van der Waals surface area contributed by atoms with Gasteiger partial charge in [-0.15, -0.1) is 0 Å². The quantitative estimate of drug-likeness (QED) is 0.685. The molecular weight excluding hydrogens is 183 g/mol. The summed E-state index contributed by atoms with van der Waals surface area (Å²) in [5, 5.41) is 3.99. The van der Waals surface area contributed by atoms with Crippen molar-refractivity contribution in [1.29, 1.82) is 0 Å². The number of aryl methyl sites for hydroxylation is 1. The van der Waals surface area contributed by atoms with E-state index in [1.54, 1.807) is 19.0 Å². The Morgan fingerprint density at radius 3 is 2.79 bits per heavy atom. The normalized spacial score (nSPS) is 10.9. The van der Waals surface area contributed by atoms with Crippen LogP contribution in [-0.4, -0.2) is 28.7 Å². The molecule has 0 bridgehead atoms. The van der Waals surface area contributed by atoms with Crippen LogP contribution in [0.25, 0.3) is 5.65 Å². The average Bonchev–Trinajstić information content (AvgIpc) is 2.51. The molecule has 2 aromatic heterocycles. The molecule has 0 spiro atoms. The summed E-state index contributed by atoms with van der Waals surface area (Å²) < 4.78 is 15.1. The third kappa shape index (κ3) is 1.13. The van der Waals surface area contributed by atoms with Gasteiger partial charge in [-0.3, -0.25) is 0 Å². The van der Waals surface area contributed by atoms with Crippen molar-refractivity contribution < 1.29 is 4.39 Å². The van der Waals surface area contributed by atoms with E-state index in [0.29, 0.717) is 11.5 Å². The summed E-state index contributed by atoms with van der Waals surface area (Å²) in [6.45, 7) is 1.81. The highest BCUT2D eigenvalue weighted by Gasteiger charge is 2.13. The Morgan fingerprint density at radius 2 is 2.14 bits per heavy atom. The van der Waals surface area contributed by atoms with Crippen molar-refractivity contribution in [1.82, 2.24) is 14.6 Å². The van der Waals surface area contributed by atoms with Gasteiger partial charge in [0.2, 0.25) is 0 Å². The zero-order valence-electron chi connectivity index (χ0n) is 8.32. The van der Waals surface area contributed by atoms with Gasteiger partial charge in [0.15, 0.2) is 17.3 Å². The van der Waals surface area contributed by atoms with Crippen LogP contribution < -0.4 is 4.90 Å². The largest absolute Gasteiger partial charge is 0.360 e. The van der Waals surface area contributed by atoms with E-state index in [4.69, 9.17) is 0 Å². The molecule has 2 rings (SSSR count). The SMILES string of the molecule is Cc1cc(F)c(N(C)C)n2ncnc12. The maximum absolute atomic E-state index is 13.6. The van der Waals surface area contributed by atoms with Crippen molar-refractivity contribution in [3.05, 3.63) is 23.8 Å². The van der Waals surface area contributed by atoms with Crippen LogP contribution in [-0.2, 0) is 0 Å². The average molecular weight is 194 g/mol. The van der Waals surface area contributed by atoms with Crippen molar-refractivity contribution >= 4 is 11.5 Å². The Kier molecular flexibility index (Phi) is 1.87. The molecule has 0 unspecified atom stereocenters. The molecule has 0 saturated carbocycles. The van der Waals surface area contributed by atoms with Gasteiger partial charge in [0.25, 0.3) is 0 Å². The van der Waals surface area contributed by atoms with E-state index in [1.165, 1.54) is 16.9 Å². The molecule has 2 heterocycles. The van der Waals surface area contributed by atoms with Crippen LogP contribution in [0.1, 0.15) is 5.56 Å². The number of pyridine rings is 1. The first-order valence-corrected chi connectivity index (χ1v) is 4.27. The summed E-state index contributed by atoms with van der Waals surface area (Å²) in [5.41, 5.74) is 1.47. The number of rotatable bonds is 1. The van der Waals surface area contributed by atoms with Gasteiger partial charge >= 0.3 is 0 Å². The summed E-state index contributed by atoms with van der Waals surface area (Å²) in [6, 6.07) is 1.47. The van der Waals surface area contributed by atoms with E-state index in [2.05, 4.69) is 10.1 Å². The number of halogens is 1. The van der Waals surface area contributed by atoms with Gasteiger partial charge in [-0.05, 0) is 18.6 Å². The zero-order chi connectivity index (χ0) is 10.3. The number of aromatic nitrogens is 3. The molecule has 0 radical (unpaired) electrons. The van der Waals surface area contributed by atoms with E-state index in [0.717, 1.165) is 5.56 Å². The number of anilines is 1. The number of hydrogen-bond donors (Lipinski definition) is 0. The second-order valence-electron chi connectivity index (χ2n) is 3.39. The Morgan fingerprint density at radius 1 is 1.43 bits per heavy atom. The van der Waals surface area contributed by atoms with Crippen LogP contribution in [0.2, 0.25) is 0 Å². The van der Waals surface area contributed by atoms with Crippen LogP contribution in [0.5, 0.6) is 0 Å². The third-order valence-corrected chi connectivity index (χ3v) is 2.08. The fourth-order valence-electron chi connectivity index (χ4n) is 1.49. The summed E-state index contributed by atoms with van der Waals surface area (Å²) in [4.78, 5) is 5.74. The van der Waals surface area contributed by atoms with Crippen molar-refractivity contribution in [2.75, 3.05) is 19.0 Å². The van der Waals surface area contributed by atoms with E-state index >= 15 is 0 Å². The molecule has 4 nitrogen and oxygen atoms in total. The summed E-state index contributed by atoms with van der Waals surface area (Å²) in [5.74, 6) is 0.133. The maximum atomic E-state index is 13.6. The van der Waals surface area contributed by atoms with Gasteiger partial charge < -0.3 is 4.90 Å². The zero-order valence-corrected chi connectivity index (χ0v) is 8.32. The van der Waals surface area contributed by atoms with Gasteiger partial charge in [0.05, 0.1) is 0 Å². The van der Waals surface area contributed by atoms with Gasteiger partial charge in [-0.1, -0.05) is 0 Å². The molecule has 0 aliphatic carbocycles. The lowest BCUT2D eigenvalue weighted by molar-refractivity contribution is 0.611. The highest BCUT2D eigenvalue weighted by atomic mass is 19.1. The third-order valence-electron chi connectivity index (χ3n) is 2.08. The number of nitrogens with zero attached hydrogens (tertiary/aromatic N) is 4. The lowest BCUT2D eigenvalue weighted by atomic mass is 10.3. The topological polar surface area (TPSA) is 33.4 Å². The summed E-state index contributed by atoms with van der Waals surface area (Å²) >= 11 is 0. The molecular formula is C9H11FN4. The predicted octanol–water partition coefficient (Wildman–Crippen LogP) is 1.24. The minimum Gasteiger partial charge on any atom is -0.360 e. The molecule has 0 amide bonds. The lowest BCUT2D eigenvalue weighted by Crippen LogP contribution is -2.16. The molecule has 5 heteroatoms. The first kappa shape index (κ1) is 8.93. The minimum absolute atomic E-state index is 0.287. The van der Waals surface area contributed by atoms with Crippen LogP contribution >= 0.6 is 0 Å². The van der Waals surface area contributed by atoms with E-state index in [1.807, 2.05) is 6.92 Å². The fourth-order valence-corrected chi connectivity index (χ4v) is 1.49. The summed E-state index contributed by atoms with van der Waals surface area (Å²) in [7, 11) is 3.55. The first-order valence-electron chi connectivity index (χ1n) is 4.27. The van der Waals surface area contributed by atoms with Crippen LogP contribution in [0.3, 0.4) is 0 Å². The van der Waals surface area contributed by atoms with Crippen molar-refractivity contribution in [2.45, 2.75) is 6.92 Å². The first-order chi connectivity index (χ1) is 6.61. The molecule has 0 fully saturated rings. The Bertz CT molecular complexity index is 475. The predicted molar refractivity (Wildman–Crippen MR) is 52.0 cm³/mol. The Labute approximate surface area is 81.0 Å². The molecule has 0 aliphatic heterocycles. The highest BCUT2D eigenvalue weighted by Crippen LogP contribution is 2.20. The standard InChI is InChI=1S/C9H11FN4/c1-6-4-7(10)9(13(2)3)14-8(6)11-5-12-14/h4-5H,1-3H3. The van der Waals surface area contributed by atoms with Gasteiger partial charge in [-0.25, -0.2) is 9.37 Å². The van der Waals surface area contributed by atoms with E-state index in [9.17, 15) is 4.39 Å². The maximum Gasteiger partial charge on any atom is 0.168 e. The van der Waals surface area contributed by atoms with Crippen molar-refractivity contribution in [3.8, 4) is 0 Å². The van der Waals surface area contributed by atoms with Crippen molar-refractivity contribution in [3.63, 3.8) is 0 Å². The molecule has 0 aliphatic rings. The molecule has 0 atom stereocenters. The molecule has 14 heavy (non-hydrogen) atoms. The van der Waals surface area contributed by atoms with Gasteiger partial charge in [0, 0.05) is 14.1 Å².